The molecule has 14 heteroatoms. The first-order valence-electron chi connectivity index (χ1n) is 13.8. The van der Waals surface area contributed by atoms with Crippen LogP contribution in [0.1, 0.15) is 50.8 Å². The number of amides is 1. The molecule has 2 aliphatic heterocycles. The number of carboxylic acids is 1. The number of nitrogens with one attached hydrogen (secondary N) is 1. The molecule has 0 spiro atoms. The maximum Gasteiger partial charge on any atom is 0.321 e. The summed E-state index contributed by atoms with van der Waals surface area (Å²) < 4.78 is 12.4. The summed E-state index contributed by atoms with van der Waals surface area (Å²) >= 11 is 1.20. The lowest BCUT2D eigenvalue weighted by Crippen LogP contribution is -2.54. The number of amidine groups is 1. The first kappa shape index (κ1) is 29.9. The van der Waals surface area contributed by atoms with Crippen LogP contribution in [0.15, 0.2) is 41.8 Å². The Morgan fingerprint density at radius 3 is 2.56 bits per heavy atom. The molecule has 1 amide bonds. The molecule has 0 radical (unpaired) electrons. The number of rotatable bonds is 9. The lowest BCUT2D eigenvalue weighted by molar-refractivity contribution is -0.148. The molecule has 1 aromatic carbocycles. The number of likely N-dealkylation sites (tertiary alicyclic amines) is 1. The van der Waals surface area contributed by atoms with Gasteiger partial charge in [-0.1, -0.05) is 30.3 Å². The van der Waals surface area contributed by atoms with Crippen molar-refractivity contribution < 1.29 is 29.0 Å². The standard InChI is InChI=1S/C29H31N7O6S/c30-15-21-24(20-3-1-9-35(25(20)29(39)40)16-23(37)34-10-12-41-13-11-34)33-36(27(38)22-4-2-14-43-22)28(21)42-17-18-5-7-19(8-6-18)26(31)32/h2,4-8,14,20,25H,1,3,9-13,16-17H2,(H3,31,32)(H,39,40). The highest BCUT2D eigenvalue weighted by Crippen LogP contribution is 2.38. The number of carboxylic acid groups (broad SMARTS) is 1. The second-order valence-corrected chi connectivity index (χ2v) is 11.2. The van der Waals surface area contributed by atoms with Crippen LogP contribution in [0.25, 0.3) is 0 Å². The van der Waals surface area contributed by atoms with Gasteiger partial charge >= 0.3 is 5.97 Å². The number of nitrogen functional groups attached to an aromatic ring is 1. The number of morpholine rings is 1. The lowest BCUT2D eigenvalue weighted by Gasteiger charge is -2.39. The molecule has 2 aliphatic rings. The van der Waals surface area contributed by atoms with Crippen molar-refractivity contribution in [2.45, 2.75) is 31.4 Å². The number of benzene rings is 1. The predicted molar refractivity (Wildman–Crippen MR) is 155 cm³/mol. The highest BCUT2D eigenvalue weighted by atomic mass is 32.1. The van der Waals surface area contributed by atoms with E-state index in [1.807, 2.05) is 0 Å². The minimum absolute atomic E-state index is 0.0249. The summed E-state index contributed by atoms with van der Waals surface area (Å²) in [4.78, 5) is 42.9. The number of carbonyl (C=O) groups is 3. The first-order valence-corrected chi connectivity index (χ1v) is 14.7. The third-order valence-electron chi connectivity index (χ3n) is 7.59. The normalized spacial score (nSPS) is 19.0. The van der Waals surface area contributed by atoms with Gasteiger partial charge in [-0.2, -0.15) is 15.0 Å². The maximum atomic E-state index is 13.5. The highest BCUT2D eigenvalue weighted by Gasteiger charge is 2.43. The van der Waals surface area contributed by atoms with E-state index in [0.717, 1.165) is 4.68 Å². The van der Waals surface area contributed by atoms with E-state index in [1.54, 1.807) is 51.6 Å². The van der Waals surface area contributed by atoms with Gasteiger partial charge in [0.1, 0.15) is 30.1 Å². The molecule has 2 fully saturated rings. The first-order chi connectivity index (χ1) is 20.8. The molecule has 4 N–H and O–H groups in total. The molecule has 13 nitrogen and oxygen atoms in total. The van der Waals surface area contributed by atoms with Crippen LogP contribution in [0.4, 0.5) is 0 Å². The van der Waals surface area contributed by atoms with Crippen LogP contribution in [-0.2, 0) is 20.9 Å². The molecule has 2 saturated heterocycles. The van der Waals surface area contributed by atoms with Gasteiger partial charge in [0.2, 0.25) is 11.8 Å². The molecule has 2 aromatic heterocycles. The Labute approximate surface area is 251 Å². The van der Waals surface area contributed by atoms with E-state index in [4.69, 9.17) is 20.6 Å². The second-order valence-electron chi connectivity index (χ2n) is 10.3. The Bertz CT molecular complexity index is 1540. The fourth-order valence-electron chi connectivity index (χ4n) is 5.44. The van der Waals surface area contributed by atoms with E-state index in [1.165, 1.54) is 11.3 Å². The summed E-state index contributed by atoms with van der Waals surface area (Å²) in [6.07, 6.45) is 0.962. The number of thiophene rings is 1. The minimum atomic E-state index is -1.14. The summed E-state index contributed by atoms with van der Waals surface area (Å²) in [5.41, 5.74) is 6.89. The van der Waals surface area contributed by atoms with Gasteiger partial charge in [0.05, 0.1) is 30.3 Å². The molecule has 43 heavy (non-hydrogen) atoms. The van der Waals surface area contributed by atoms with Gasteiger partial charge in [0.15, 0.2) is 0 Å². The van der Waals surface area contributed by atoms with Gasteiger partial charge in [-0.25, -0.2) is 0 Å². The summed E-state index contributed by atoms with van der Waals surface area (Å²) in [6, 6.07) is 11.1. The van der Waals surface area contributed by atoms with Crippen molar-refractivity contribution >= 4 is 35.0 Å². The number of nitriles is 1. The number of aromatic nitrogens is 2. The molecule has 2 unspecified atom stereocenters. The van der Waals surface area contributed by atoms with Gasteiger partial charge in [0.25, 0.3) is 5.91 Å². The SMILES string of the molecule is N#Cc1c(C2CCCN(CC(=O)N3CCOCC3)C2C(=O)O)nn(C(=O)c2cccs2)c1OCc1ccc(C(=N)N)cc1. The molecule has 2 atom stereocenters. The molecule has 5 rings (SSSR count). The zero-order valence-electron chi connectivity index (χ0n) is 23.3. The molecule has 224 valence electrons. The van der Waals surface area contributed by atoms with Crippen molar-refractivity contribution in [2.24, 2.45) is 5.73 Å². The molecular formula is C29H31N7O6S. The monoisotopic (exact) mass is 605 g/mol. The molecule has 3 aromatic rings. The zero-order chi connectivity index (χ0) is 30.5. The van der Waals surface area contributed by atoms with E-state index in [2.05, 4.69) is 11.2 Å². The van der Waals surface area contributed by atoms with Crippen molar-refractivity contribution in [3.8, 4) is 11.9 Å². The average molecular weight is 606 g/mol. The summed E-state index contributed by atoms with van der Waals surface area (Å²) in [7, 11) is 0. The van der Waals surface area contributed by atoms with Crippen LogP contribution >= 0.6 is 11.3 Å². The largest absolute Gasteiger partial charge is 0.480 e. The third kappa shape index (κ3) is 6.43. The fraction of sp³-hybridized carbons (Fsp3) is 0.379. The van der Waals surface area contributed by atoms with Crippen molar-refractivity contribution in [1.82, 2.24) is 19.6 Å². The smallest absolute Gasteiger partial charge is 0.321 e. The Kier molecular flexibility index (Phi) is 9.15. The Morgan fingerprint density at radius 1 is 1.19 bits per heavy atom. The van der Waals surface area contributed by atoms with E-state index < -0.39 is 23.8 Å². The topological polar surface area (TPSA) is 188 Å². The van der Waals surface area contributed by atoms with Crippen LogP contribution in [0.5, 0.6) is 5.88 Å². The zero-order valence-corrected chi connectivity index (χ0v) is 24.1. The van der Waals surface area contributed by atoms with Crippen LogP contribution in [-0.4, -0.2) is 93.7 Å². The number of hydrogen-bond acceptors (Lipinski definition) is 10. The van der Waals surface area contributed by atoms with Crippen LogP contribution < -0.4 is 10.5 Å². The summed E-state index contributed by atoms with van der Waals surface area (Å²) in [5.74, 6) is -2.78. The van der Waals surface area contributed by atoms with E-state index in [-0.39, 0.29) is 42.0 Å². The lowest BCUT2D eigenvalue weighted by atomic mass is 9.85. The maximum absolute atomic E-state index is 13.5. The quantitative estimate of drug-likeness (QED) is 0.240. The van der Waals surface area contributed by atoms with Gasteiger partial charge in [0, 0.05) is 24.6 Å². The second kappa shape index (κ2) is 13.2. The molecule has 0 saturated carbocycles. The predicted octanol–water partition coefficient (Wildman–Crippen LogP) is 1.86. The van der Waals surface area contributed by atoms with Crippen molar-refractivity contribution in [2.75, 3.05) is 39.4 Å². The Balaban J connectivity index is 1.48. The Hall–Kier alpha value is -4.58. The average Bonchev–Trinajstić information content (AvgIpc) is 3.68. The van der Waals surface area contributed by atoms with Gasteiger partial charge in [-0.3, -0.25) is 24.7 Å². The van der Waals surface area contributed by atoms with E-state index in [9.17, 15) is 24.8 Å². The molecular weight excluding hydrogens is 574 g/mol. The number of piperidine rings is 1. The number of nitrogens with zero attached hydrogens (tertiary/aromatic N) is 5. The third-order valence-corrected chi connectivity index (χ3v) is 8.45. The van der Waals surface area contributed by atoms with Crippen LogP contribution in [0.3, 0.4) is 0 Å². The van der Waals surface area contributed by atoms with Crippen LogP contribution in [0, 0.1) is 16.7 Å². The number of hydrogen-bond donors (Lipinski definition) is 3. The van der Waals surface area contributed by atoms with Gasteiger partial charge in [-0.05, 0) is 36.4 Å². The number of nitrogens with two attached hydrogens (primary N) is 1. The molecule has 4 heterocycles. The molecule has 0 bridgehead atoms. The van der Waals surface area contributed by atoms with Crippen LogP contribution in [0.2, 0.25) is 0 Å². The van der Waals surface area contributed by atoms with Gasteiger partial charge < -0.3 is 25.2 Å². The van der Waals surface area contributed by atoms with Crippen molar-refractivity contribution in [3.05, 3.63) is 69.0 Å². The van der Waals surface area contributed by atoms with Crippen molar-refractivity contribution in [3.63, 3.8) is 0 Å². The highest BCUT2D eigenvalue weighted by molar-refractivity contribution is 7.12. The fourth-order valence-corrected chi connectivity index (χ4v) is 6.08. The number of aliphatic carboxylic acids is 1. The van der Waals surface area contributed by atoms with Crippen molar-refractivity contribution in [1.29, 1.82) is 10.7 Å². The van der Waals surface area contributed by atoms with E-state index in [0.29, 0.717) is 61.7 Å². The van der Waals surface area contributed by atoms with Gasteiger partial charge in [-0.15, -0.1) is 11.3 Å². The number of carbonyl (C=O) groups excluding carboxylic acids is 2. The molecule has 0 aliphatic carbocycles. The minimum Gasteiger partial charge on any atom is -0.480 e. The summed E-state index contributed by atoms with van der Waals surface area (Å²) in [6.45, 7) is 2.02. The van der Waals surface area contributed by atoms with E-state index >= 15 is 0 Å². The Morgan fingerprint density at radius 2 is 1.93 bits per heavy atom. The number of ether oxygens (including phenoxy) is 2. The summed E-state index contributed by atoms with van der Waals surface area (Å²) in [5, 5.41) is 34.5.